The molecule has 0 aliphatic carbocycles. The molecule has 111 heavy (non-hydrogen) atoms. The van der Waals surface area contributed by atoms with Crippen LogP contribution in [-0.4, -0.2) is 189 Å². The van der Waals surface area contributed by atoms with E-state index in [9.17, 15) is 43.5 Å². The number of hydrogen-bond acceptors (Lipinski definition) is 18. The lowest BCUT2D eigenvalue weighted by Crippen LogP contribution is -2.63. The summed E-state index contributed by atoms with van der Waals surface area (Å²) in [6, 6.07) is 17.6. The normalized spacial score (nSPS) is 16.2. The fraction of sp³-hybridized carbons (Fsp3) is 0.405. The van der Waals surface area contributed by atoms with Crippen molar-refractivity contribution >= 4 is 117 Å². The number of carbonyl (C=O) groups excluding carboxylic acids is 14. The lowest BCUT2D eigenvalue weighted by atomic mass is 9.97. The van der Waals surface area contributed by atoms with Gasteiger partial charge in [-0.25, -0.2) is 9.59 Å². The van der Waals surface area contributed by atoms with Crippen LogP contribution in [-0.2, 0) is 89.6 Å². The maximum atomic E-state index is 16.1. The van der Waals surface area contributed by atoms with E-state index in [0.29, 0.717) is 46.7 Å². The zero-order valence-corrected chi connectivity index (χ0v) is 63.1. The van der Waals surface area contributed by atoms with Gasteiger partial charge in [0.1, 0.15) is 48.3 Å². The monoisotopic (exact) mass is 1540 g/mol. The second-order valence-electron chi connectivity index (χ2n) is 28.3. The van der Waals surface area contributed by atoms with Crippen LogP contribution in [0.2, 0.25) is 5.02 Å². The fourth-order valence-corrected chi connectivity index (χ4v) is 13.2. The third-order valence-electron chi connectivity index (χ3n) is 18.6. The van der Waals surface area contributed by atoms with E-state index in [-0.39, 0.29) is 86.8 Å². The topological polar surface area (TPSA) is 463 Å². The molecule has 1 aromatic heterocycles. The van der Waals surface area contributed by atoms with Crippen LogP contribution < -0.4 is 70.0 Å². The van der Waals surface area contributed by atoms with Gasteiger partial charge in [0.2, 0.25) is 65.4 Å². The Bertz CT molecular complexity index is 4290. The van der Waals surface area contributed by atoms with E-state index in [1.165, 1.54) is 72.7 Å². The Labute approximate surface area is 647 Å². The molecular weight excluding hydrogens is 1450 g/mol. The molecule has 2 aliphatic heterocycles. The van der Waals surface area contributed by atoms with Crippen molar-refractivity contribution in [1.29, 1.82) is 0 Å². The molecule has 2 saturated heterocycles. The van der Waals surface area contributed by atoms with E-state index in [1.807, 2.05) is 67.9 Å². The highest BCUT2D eigenvalue weighted by Gasteiger charge is 2.45. The first-order valence-electron chi connectivity index (χ1n) is 36.7. The highest BCUT2D eigenvalue weighted by atomic mass is 35.5. The zero-order valence-electron chi connectivity index (χ0n) is 62.4. The summed E-state index contributed by atoms with van der Waals surface area (Å²) in [5.41, 5.74) is 14.7. The summed E-state index contributed by atoms with van der Waals surface area (Å²) in [5.74, 6) is -10.1. The minimum Gasteiger partial charge on any atom is -0.394 e. The summed E-state index contributed by atoms with van der Waals surface area (Å²) >= 11 is 6.27. The lowest BCUT2D eigenvalue weighted by Gasteiger charge is -2.37. The van der Waals surface area contributed by atoms with Crippen LogP contribution in [0.4, 0.5) is 21.0 Å². The second kappa shape index (κ2) is 41.3. The Morgan fingerprint density at radius 1 is 0.631 bits per heavy atom. The number of benzene rings is 5. The van der Waals surface area contributed by atoms with Crippen molar-refractivity contribution in [2.75, 3.05) is 30.3 Å². The number of hydrogen-bond donors (Lipinski definition) is 14. The molecule has 0 spiro atoms. The van der Waals surface area contributed by atoms with Crippen molar-refractivity contribution in [3.63, 3.8) is 0 Å². The molecule has 6 aromatic rings. The lowest BCUT2D eigenvalue weighted by molar-refractivity contribution is -0.158. The van der Waals surface area contributed by atoms with Gasteiger partial charge in [-0.3, -0.25) is 72.7 Å². The number of halogens is 1. The van der Waals surface area contributed by atoms with E-state index >= 15 is 28.8 Å². The summed E-state index contributed by atoms with van der Waals surface area (Å²) in [6.45, 7) is 8.16. The minimum atomic E-state index is -1.94. The molecule has 3 heterocycles. The minimum absolute atomic E-state index is 0.00492. The van der Waals surface area contributed by atoms with E-state index < -0.39 is 157 Å². The summed E-state index contributed by atoms with van der Waals surface area (Å²) in [6.07, 6.45) is 4.37. The number of aliphatic hydroxyl groups is 1. The fourth-order valence-electron chi connectivity index (χ4n) is 13.0. The predicted molar refractivity (Wildman–Crippen MR) is 413 cm³/mol. The molecule has 2 aliphatic rings. The Balaban J connectivity index is 1.15. The van der Waals surface area contributed by atoms with Gasteiger partial charge >= 0.3 is 12.1 Å². The maximum Gasteiger partial charge on any atom is 0.322 e. The van der Waals surface area contributed by atoms with E-state index in [4.69, 9.17) is 23.1 Å². The molecule has 16 N–H and O–H groups in total. The van der Waals surface area contributed by atoms with Crippen LogP contribution in [0.5, 0.6) is 0 Å². The van der Waals surface area contributed by atoms with Gasteiger partial charge < -0.3 is 74.6 Å². The van der Waals surface area contributed by atoms with E-state index in [1.54, 1.807) is 50.2 Å². The van der Waals surface area contributed by atoms with E-state index in [0.717, 1.165) is 15.7 Å². The predicted octanol–water partition coefficient (Wildman–Crippen LogP) is 2.72. The number of likely N-dealkylation sites (tertiary alicyclic amines) is 1. The van der Waals surface area contributed by atoms with Gasteiger partial charge in [-0.1, -0.05) is 124 Å². The largest absolute Gasteiger partial charge is 0.394 e. The average molecular weight is 1550 g/mol. The summed E-state index contributed by atoms with van der Waals surface area (Å²) in [4.78, 5) is 203. The molecule has 2 fully saturated rings. The van der Waals surface area contributed by atoms with Crippen molar-refractivity contribution in [1.82, 2.24) is 62.6 Å². The zero-order chi connectivity index (χ0) is 80.4. The Hall–Kier alpha value is -11.5. The number of anilines is 2. The van der Waals surface area contributed by atoms with Crippen molar-refractivity contribution in [3.8, 4) is 0 Å². The molecule has 31 nitrogen and oxygen atoms in total. The highest BCUT2D eigenvalue weighted by Crippen LogP contribution is 2.26. The molecule has 5 aromatic carbocycles. The van der Waals surface area contributed by atoms with Crippen LogP contribution in [0.3, 0.4) is 0 Å². The summed E-state index contributed by atoms with van der Waals surface area (Å²) in [5, 5.41) is 42.2. The van der Waals surface area contributed by atoms with Gasteiger partial charge in [-0.15, -0.1) is 0 Å². The van der Waals surface area contributed by atoms with Gasteiger partial charge in [0.15, 0.2) is 0 Å². The van der Waals surface area contributed by atoms with Crippen LogP contribution >= 0.6 is 11.6 Å². The number of fused-ring (bicyclic) bond motifs is 1. The first-order chi connectivity index (χ1) is 53.0. The van der Waals surface area contributed by atoms with Gasteiger partial charge in [0.05, 0.1) is 25.1 Å². The maximum absolute atomic E-state index is 16.1. The number of amides is 15. The van der Waals surface area contributed by atoms with Crippen molar-refractivity contribution in [3.05, 3.63) is 173 Å². The smallest absolute Gasteiger partial charge is 0.322 e. The van der Waals surface area contributed by atoms with Gasteiger partial charge in [-0.05, 0) is 132 Å². The first kappa shape index (κ1) is 85.1. The molecule has 0 saturated carbocycles. The molecule has 32 heteroatoms. The molecule has 10 atom stereocenters. The van der Waals surface area contributed by atoms with Crippen LogP contribution in [0.15, 0.2) is 140 Å². The molecule has 15 amide bonds. The number of urea groups is 2. The third kappa shape index (κ3) is 25.8. The van der Waals surface area contributed by atoms with Crippen LogP contribution in [0.1, 0.15) is 107 Å². The van der Waals surface area contributed by atoms with E-state index in [2.05, 4.69) is 58.2 Å². The van der Waals surface area contributed by atoms with Crippen molar-refractivity contribution < 1.29 is 72.2 Å². The van der Waals surface area contributed by atoms with Gasteiger partial charge in [0.25, 0.3) is 5.91 Å². The van der Waals surface area contributed by atoms with Crippen LogP contribution in [0.25, 0.3) is 10.8 Å². The SMILES string of the molecule is CC(=O)N[C@H](Cc1ccc2ccccc2c1)C(=O)N[C@H](Cc1ccc(Cl)cc1)C(=O)N[C@H](Cc1cccnc1)C(=O)N[C@@H](CO)C(=O)N[C@@H](Cc1ccc(NC(=O)[C@@H]2CC(=O)NC(=O)N2)cc1)C(=O)N[C@H](Cc1ccc(NC(N)=O)cc1)C(=O)N(C(=O)[C@@H](N)CC(C)C)[C@@H](CCCCNC(C)C)C(=O)N1CCC[C@H]1[C]=O. The molecule has 8 rings (SSSR count). The van der Waals surface area contributed by atoms with Crippen molar-refractivity contribution in [2.24, 2.45) is 17.4 Å². The van der Waals surface area contributed by atoms with Crippen molar-refractivity contribution in [2.45, 2.75) is 178 Å². The molecule has 1 radical (unpaired) electrons. The van der Waals surface area contributed by atoms with Crippen LogP contribution in [0, 0.1) is 5.92 Å². The third-order valence-corrected chi connectivity index (χ3v) is 18.9. The number of nitrogens with two attached hydrogens (primary N) is 2. The van der Waals surface area contributed by atoms with Gasteiger partial charge in [-0.2, -0.15) is 0 Å². The first-order valence-corrected chi connectivity index (χ1v) is 37.1. The Morgan fingerprint density at radius 3 is 1.69 bits per heavy atom. The Morgan fingerprint density at radius 2 is 1.15 bits per heavy atom. The molecule has 589 valence electrons. The molecular formula is C79H96ClN16O15. The standard InChI is InChI=1S/C79H96ClN16O15/c1-45(2)34-59(81)75(107)96(67(16-8-9-32-84-46(3)4)77(109)95-33-11-15-58(95)43-97)76(108)65(38-50-22-29-57(30-23-50)87-78(82)110)91-72(104)62(37-49-20-27-56(28-21-49)86-69(101)64-41-68(100)94-79(111)93-64)90-74(106)66(44-98)92-73(105)63(40-52-12-10-31-83-42-52)89-71(103)61(36-48-18-25-55(80)26-19-48)88-70(102)60(85-47(5)99)39-51-17-24-53-13-6-7-14-54(53)35-51/h6-7,10,12-14,17-31,35,42,45-46,58-67,84,98H,8-9,11,15-16,32-34,36-41,44,81H2,1-5H3,(H,85,99)(H,86,101)(H,88,102)(H,89,103)(H,90,106)(H,91,104)(H,92,105)(H3,82,87,110)(H2,93,94,100,111)/t58-,59-,60+,61+,62-,63+,64-,65+,66-,67-/m0/s1. The second-order valence-corrected chi connectivity index (χ2v) is 28.7. The number of nitrogens with one attached hydrogen (secondary N) is 11. The number of pyridine rings is 1. The number of aromatic nitrogens is 1. The molecule has 0 unspecified atom stereocenters. The number of carbonyl (C=O) groups is 13. The summed E-state index contributed by atoms with van der Waals surface area (Å²) in [7, 11) is 0. The number of primary amides is 1. The average Bonchev–Trinajstić information content (AvgIpc) is 1.75. The number of imide groups is 2. The quantitative estimate of drug-likeness (QED) is 0.0248. The van der Waals surface area contributed by atoms with Gasteiger partial charge in [0, 0.05) is 80.4 Å². The number of unbranched alkanes of at least 4 members (excludes halogenated alkanes) is 1. The number of aliphatic hydroxyl groups excluding tert-OH is 1. The number of nitrogens with zero attached hydrogens (tertiary/aromatic N) is 3. The number of rotatable bonds is 38. The summed E-state index contributed by atoms with van der Waals surface area (Å²) < 4.78 is 0. The highest BCUT2D eigenvalue weighted by molar-refractivity contribution is 6.30. The molecule has 0 bridgehead atoms. The Kier molecular flexibility index (Phi) is 31.7.